The van der Waals surface area contributed by atoms with E-state index in [0.29, 0.717) is 12.0 Å². The number of ether oxygens (including phenoxy) is 1. The summed E-state index contributed by atoms with van der Waals surface area (Å²) in [6.45, 7) is 11.4. The lowest BCUT2D eigenvalue weighted by Gasteiger charge is -2.37. The van der Waals surface area contributed by atoms with Crippen molar-refractivity contribution in [3.8, 4) is 0 Å². The van der Waals surface area contributed by atoms with E-state index in [-0.39, 0.29) is 12.2 Å². The average Bonchev–Trinajstić information content (AvgIpc) is 2.68. The van der Waals surface area contributed by atoms with Crippen LogP contribution in [0.3, 0.4) is 0 Å². The van der Waals surface area contributed by atoms with Crippen LogP contribution in [-0.4, -0.2) is 98.0 Å². The molecule has 2 aliphatic rings. The van der Waals surface area contributed by atoms with Crippen LogP contribution < -0.4 is 0 Å². The molecule has 5 heteroatoms. The molecule has 5 nitrogen and oxygen atoms in total. The quantitative estimate of drug-likeness (QED) is 0.766. The van der Waals surface area contributed by atoms with E-state index in [9.17, 15) is 5.11 Å². The molecule has 1 N–H and O–H groups in total. The van der Waals surface area contributed by atoms with E-state index < -0.39 is 0 Å². The van der Waals surface area contributed by atoms with Crippen molar-refractivity contribution >= 4 is 0 Å². The highest BCUT2D eigenvalue weighted by Crippen LogP contribution is 2.20. The lowest BCUT2D eigenvalue weighted by molar-refractivity contribution is -0.0489. The molecule has 0 bridgehead atoms. The molecule has 0 aliphatic carbocycles. The third kappa shape index (κ3) is 5.49. The fourth-order valence-electron chi connectivity index (χ4n) is 3.63. The molecule has 2 fully saturated rings. The van der Waals surface area contributed by atoms with Crippen LogP contribution in [-0.2, 0) is 4.74 Å². The number of rotatable bonds is 6. The van der Waals surface area contributed by atoms with E-state index >= 15 is 0 Å². The zero-order chi connectivity index (χ0) is 15.4. The normalized spacial score (nSPS) is 32.4. The number of aliphatic hydroxyl groups is 1. The molecule has 2 heterocycles. The largest absolute Gasteiger partial charge is 0.392 e. The Labute approximate surface area is 129 Å². The number of likely N-dealkylation sites (N-methyl/N-ethyl adjacent to an activating group) is 1. The van der Waals surface area contributed by atoms with E-state index in [1.54, 1.807) is 0 Å². The summed E-state index contributed by atoms with van der Waals surface area (Å²) in [7, 11) is 4.20. The van der Waals surface area contributed by atoms with Crippen LogP contribution in [0.25, 0.3) is 0 Å². The van der Waals surface area contributed by atoms with Gasteiger partial charge in [0.1, 0.15) is 0 Å². The van der Waals surface area contributed by atoms with Crippen molar-refractivity contribution in [1.29, 1.82) is 0 Å². The van der Waals surface area contributed by atoms with E-state index in [2.05, 4.69) is 42.6 Å². The predicted octanol–water partition coefficient (Wildman–Crippen LogP) is 0.340. The molecular weight excluding hydrogens is 266 g/mol. The summed E-state index contributed by atoms with van der Waals surface area (Å²) in [5.74, 6) is 0.707. The van der Waals surface area contributed by atoms with E-state index in [1.165, 1.54) is 0 Å². The first-order valence-electron chi connectivity index (χ1n) is 8.35. The molecule has 0 aromatic rings. The monoisotopic (exact) mass is 299 g/mol. The molecule has 0 aromatic heterocycles. The highest BCUT2D eigenvalue weighted by molar-refractivity contribution is 4.89. The molecule has 3 unspecified atom stereocenters. The SMILES string of the molecule is CC(C)CN1CCOC(CN2CC(O)CC2CN(C)C)C1. The maximum Gasteiger partial charge on any atom is 0.0829 e. The fraction of sp³-hybridized carbons (Fsp3) is 1.00. The van der Waals surface area contributed by atoms with Gasteiger partial charge in [-0.3, -0.25) is 9.80 Å². The molecule has 2 aliphatic heterocycles. The second kappa shape index (κ2) is 7.88. The minimum Gasteiger partial charge on any atom is -0.392 e. The Morgan fingerprint density at radius 1 is 1.29 bits per heavy atom. The van der Waals surface area contributed by atoms with Crippen molar-refractivity contribution in [1.82, 2.24) is 14.7 Å². The van der Waals surface area contributed by atoms with Crippen molar-refractivity contribution in [2.24, 2.45) is 5.92 Å². The zero-order valence-electron chi connectivity index (χ0n) is 14.2. The van der Waals surface area contributed by atoms with Gasteiger partial charge in [0, 0.05) is 45.3 Å². The Morgan fingerprint density at radius 3 is 2.71 bits per heavy atom. The number of hydrogen-bond donors (Lipinski definition) is 1. The van der Waals surface area contributed by atoms with Gasteiger partial charge in [0.25, 0.3) is 0 Å². The molecule has 2 rings (SSSR count). The minimum absolute atomic E-state index is 0.176. The first-order valence-corrected chi connectivity index (χ1v) is 8.35. The Balaban J connectivity index is 1.84. The average molecular weight is 299 g/mol. The maximum atomic E-state index is 9.97. The second-order valence-electron chi connectivity index (χ2n) is 7.41. The number of nitrogens with zero attached hydrogens (tertiary/aromatic N) is 3. The summed E-state index contributed by atoms with van der Waals surface area (Å²) in [5, 5.41) is 9.97. The van der Waals surface area contributed by atoms with Gasteiger partial charge in [0.15, 0.2) is 0 Å². The molecule has 3 atom stereocenters. The molecule has 0 amide bonds. The van der Waals surface area contributed by atoms with Crippen molar-refractivity contribution in [3.63, 3.8) is 0 Å². The van der Waals surface area contributed by atoms with Crippen LogP contribution in [0.5, 0.6) is 0 Å². The first kappa shape index (κ1) is 17.2. The molecule has 0 radical (unpaired) electrons. The molecule has 0 spiro atoms. The van der Waals surface area contributed by atoms with Gasteiger partial charge in [-0.1, -0.05) is 13.8 Å². The fourth-order valence-corrected chi connectivity index (χ4v) is 3.63. The van der Waals surface area contributed by atoms with Gasteiger partial charge in [0.2, 0.25) is 0 Å². The molecule has 0 saturated carbocycles. The summed E-state index contributed by atoms with van der Waals surface area (Å²) in [5.41, 5.74) is 0. The number of β-amino-alcohol motifs (C(OH)–C–C–N with tert-alkyl or cyclic N) is 1. The highest BCUT2D eigenvalue weighted by Gasteiger charge is 2.33. The predicted molar refractivity (Wildman–Crippen MR) is 85.6 cm³/mol. The van der Waals surface area contributed by atoms with E-state index in [4.69, 9.17) is 4.74 Å². The van der Waals surface area contributed by atoms with Crippen molar-refractivity contribution < 1.29 is 9.84 Å². The maximum absolute atomic E-state index is 9.97. The Morgan fingerprint density at radius 2 is 2.05 bits per heavy atom. The van der Waals surface area contributed by atoms with Crippen LogP contribution in [0, 0.1) is 5.92 Å². The van der Waals surface area contributed by atoms with Gasteiger partial charge in [0.05, 0.1) is 18.8 Å². The molecule has 0 aromatic carbocycles. The summed E-state index contributed by atoms with van der Waals surface area (Å²) < 4.78 is 5.96. The van der Waals surface area contributed by atoms with Crippen molar-refractivity contribution in [2.75, 3.05) is 60.0 Å². The number of likely N-dealkylation sites (tertiary alicyclic amines) is 1. The summed E-state index contributed by atoms with van der Waals surface area (Å²) in [4.78, 5) is 7.16. The standard InChI is InChI=1S/C16H33N3O2/c1-13(2)8-18-5-6-21-16(11-18)12-19-10-15(20)7-14(19)9-17(3)4/h13-16,20H,5-12H2,1-4H3. The topological polar surface area (TPSA) is 39.2 Å². The first-order chi connectivity index (χ1) is 9.94. The summed E-state index contributed by atoms with van der Waals surface area (Å²) in [6, 6.07) is 0.457. The Hall–Kier alpha value is -0.200. The number of hydrogen-bond acceptors (Lipinski definition) is 5. The van der Waals surface area contributed by atoms with Crippen molar-refractivity contribution in [2.45, 2.75) is 38.5 Å². The minimum atomic E-state index is -0.176. The van der Waals surface area contributed by atoms with Crippen LogP contribution >= 0.6 is 0 Å². The third-order valence-electron chi connectivity index (χ3n) is 4.37. The lowest BCUT2D eigenvalue weighted by atomic mass is 10.1. The van der Waals surface area contributed by atoms with Gasteiger partial charge < -0.3 is 14.7 Å². The molecule has 2 saturated heterocycles. The van der Waals surface area contributed by atoms with Gasteiger partial charge in [-0.05, 0) is 26.4 Å². The smallest absolute Gasteiger partial charge is 0.0829 e. The lowest BCUT2D eigenvalue weighted by Crippen LogP contribution is -2.50. The third-order valence-corrected chi connectivity index (χ3v) is 4.37. The van der Waals surface area contributed by atoms with Crippen LogP contribution in [0.4, 0.5) is 0 Å². The van der Waals surface area contributed by atoms with Gasteiger partial charge in [-0.15, -0.1) is 0 Å². The van der Waals surface area contributed by atoms with Gasteiger partial charge >= 0.3 is 0 Å². The molecular formula is C16H33N3O2. The molecule has 21 heavy (non-hydrogen) atoms. The summed E-state index contributed by atoms with van der Waals surface area (Å²) in [6.07, 6.45) is 0.999. The second-order valence-corrected chi connectivity index (χ2v) is 7.41. The van der Waals surface area contributed by atoms with Gasteiger partial charge in [-0.2, -0.15) is 0 Å². The van der Waals surface area contributed by atoms with Gasteiger partial charge in [-0.25, -0.2) is 0 Å². The Kier molecular flexibility index (Phi) is 6.44. The van der Waals surface area contributed by atoms with E-state index in [1.807, 2.05) is 0 Å². The number of aliphatic hydroxyl groups excluding tert-OH is 1. The number of morpholine rings is 1. The molecule has 124 valence electrons. The van der Waals surface area contributed by atoms with Crippen LogP contribution in [0.1, 0.15) is 20.3 Å². The van der Waals surface area contributed by atoms with E-state index in [0.717, 1.165) is 52.3 Å². The highest BCUT2D eigenvalue weighted by atomic mass is 16.5. The zero-order valence-corrected chi connectivity index (χ0v) is 14.2. The summed E-state index contributed by atoms with van der Waals surface area (Å²) >= 11 is 0. The Bertz CT molecular complexity index is 312. The van der Waals surface area contributed by atoms with Crippen LogP contribution in [0.15, 0.2) is 0 Å². The van der Waals surface area contributed by atoms with Crippen molar-refractivity contribution in [3.05, 3.63) is 0 Å². The van der Waals surface area contributed by atoms with Crippen LogP contribution in [0.2, 0.25) is 0 Å².